The molecule has 0 radical (unpaired) electrons. The molecule has 0 spiro atoms. The molecule has 4 aliphatic rings. The number of ether oxygens (including phenoxy) is 1. The third-order valence-corrected chi connectivity index (χ3v) is 9.39. The number of hydrogen-bond acceptors (Lipinski definition) is 6. The Bertz CT molecular complexity index is 995. The lowest BCUT2D eigenvalue weighted by Crippen LogP contribution is -2.77. The molecule has 0 amide bonds. The highest BCUT2D eigenvalue weighted by Gasteiger charge is 2.77. The van der Waals surface area contributed by atoms with Crippen molar-refractivity contribution in [2.75, 3.05) is 0 Å². The van der Waals surface area contributed by atoms with E-state index in [0.717, 1.165) is 11.1 Å². The Morgan fingerprint density at radius 1 is 1.13 bits per heavy atom. The van der Waals surface area contributed by atoms with Crippen LogP contribution in [0.5, 0.6) is 0 Å². The maximum Gasteiger partial charge on any atom is 0.303 e. The van der Waals surface area contributed by atoms with E-state index in [0.29, 0.717) is 37.7 Å². The molecule has 4 rings (SSSR count). The van der Waals surface area contributed by atoms with E-state index in [1.165, 1.54) is 13.8 Å². The van der Waals surface area contributed by atoms with Gasteiger partial charge in [0.25, 0.3) is 0 Å². The van der Waals surface area contributed by atoms with Gasteiger partial charge in [-0.1, -0.05) is 32.1 Å². The second-order valence-corrected chi connectivity index (χ2v) is 10.7. The van der Waals surface area contributed by atoms with Gasteiger partial charge in [0.2, 0.25) is 0 Å². The van der Waals surface area contributed by atoms with Gasteiger partial charge in [-0.3, -0.25) is 14.4 Å². The zero-order valence-corrected chi connectivity index (χ0v) is 19.3. The summed E-state index contributed by atoms with van der Waals surface area (Å²) in [4.78, 5) is 37.4. The summed E-state index contributed by atoms with van der Waals surface area (Å²) in [6, 6.07) is 0. The van der Waals surface area contributed by atoms with Gasteiger partial charge in [0.15, 0.2) is 17.2 Å². The zero-order chi connectivity index (χ0) is 23.2. The number of carbonyl (C=O) groups excluding carboxylic acids is 3. The van der Waals surface area contributed by atoms with E-state index in [9.17, 15) is 14.4 Å². The highest BCUT2D eigenvalue weighted by molar-refractivity contribution is 5.94. The van der Waals surface area contributed by atoms with Crippen LogP contribution < -0.4 is 11.5 Å². The first-order chi connectivity index (χ1) is 14.2. The molecular weight excluding hydrogens is 392 g/mol. The minimum absolute atomic E-state index is 0.130. The minimum Gasteiger partial charge on any atom is -0.446 e. The SMILES string of the molecule is C=C1C[C@@]2(N)[C@@H]3C=C(C)C4=CC(=O)CC[C@]4(C)[C@@]3(N)CC[C@]2(C)[C@@]1(OC(C)=O)C(C)=O. The van der Waals surface area contributed by atoms with Crippen molar-refractivity contribution < 1.29 is 19.1 Å². The lowest BCUT2D eigenvalue weighted by Gasteiger charge is -2.66. The van der Waals surface area contributed by atoms with E-state index < -0.39 is 33.5 Å². The minimum atomic E-state index is -1.46. The Balaban J connectivity index is 1.96. The normalized spacial score (nSPS) is 46.4. The first kappa shape index (κ1) is 22.2. The fourth-order valence-electron chi connectivity index (χ4n) is 7.62. The third-order valence-electron chi connectivity index (χ3n) is 9.39. The molecule has 31 heavy (non-hydrogen) atoms. The van der Waals surface area contributed by atoms with Crippen molar-refractivity contribution in [3.05, 3.63) is 35.5 Å². The van der Waals surface area contributed by atoms with Crippen molar-refractivity contribution in [1.29, 1.82) is 0 Å². The average Bonchev–Trinajstić information content (AvgIpc) is 2.84. The number of nitrogens with two attached hydrogens (primary N) is 2. The number of esters is 1. The Hall–Kier alpha value is -2.05. The standard InChI is InChI=1S/C25H34N2O4/c1-14-11-20-23(26,21(5)8-7-18(30)12-19(14)21)10-9-22(6)24(20,27)13-15(2)25(22,16(3)28)31-17(4)29/h11-12,20H,2,7-10,13,26-27H2,1,3-6H3/t20-,21+,22+,23-,24-,25+/m1/s1. The van der Waals surface area contributed by atoms with E-state index in [1.807, 2.05) is 13.8 Å². The summed E-state index contributed by atoms with van der Waals surface area (Å²) in [7, 11) is 0. The largest absolute Gasteiger partial charge is 0.446 e. The number of rotatable bonds is 2. The van der Waals surface area contributed by atoms with Crippen LogP contribution in [0.25, 0.3) is 0 Å². The summed E-state index contributed by atoms with van der Waals surface area (Å²) >= 11 is 0. The molecule has 2 saturated carbocycles. The first-order valence-electron chi connectivity index (χ1n) is 11.1. The lowest BCUT2D eigenvalue weighted by molar-refractivity contribution is -0.182. The van der Waals surface area contributed by atoms with Gasteiger partial charge < -0.3 is 16.2 Å². The summed E-state index contributed by atoms with van der Waals surface area (Å²) in [5.74, 6) is -0.906. The molecule has 0 aliphatic heterocycles. The number of allylic oxidation sites excluding steroid dienone is 2. The summed E-state index contributed by atoms with van der Waals surface area (Å²) in [5, 5.41) is 0. The van der Waals surface area contributed by atoms with Crippen molar-refractivity contribution in [3.63, 3.8) is 0 Å². The molecule has 6 heteroatoms. The highest BCUT2D eigenvalue weighted by atomic mass is 16.6. The molecule has 0 aromatic rings. The Kier molecular flexibility index (Phi) is 4.47. The predicted octanol–water partition coefficient (Wildman–Crippen LogP) is 2.90. The van der Waals surface area contributed by atoms with E-state index in [2.05, 4.69) is 19.6 Å². The molecule has 0 saturated heterocycles. The maximum absolute atomic E-state index is 13.1. The molecule has 6 atom stereocenters. The van der Waals surface area contributed by atoms with Crippen LogP contribution in [0.15, 0.2) is 35.5 Å². The molecule has 0 aromatic carbocycles. The number of ketones is 2. The number of carbonyl (C=O) groups is 3. The van der Waals surface area contributed by atoms with Gasteiger partial charge in [0.05, 0.1) is 0 Å². The Morgan fingerprint density at radius 3 is 2.35 bits per heavy atom. The summed E-state index contributed by atoms with van der Waals surface area (Å²) < 4.78 is 5.81. The van der Waals surface area contributed by atoms with Crippen molar-refractivity contribution >= 4 is 17.5 Å². The fraction of sp³-hybridized carbons (Fsp3) is 0.640. The molecule has 0 heterocycles. The second-order valence-electron chi connectivity index (χ2n) is 10.7. The average molecular weight is 427 g/mol. The van der Waals surface area contributed by atoms with Crippen LogP contribution in [-0.4, -0.2) is 34.2 Å². The van der Waals surface area contributed by atoms with Gasteiger partial charge in [0.1, 0.15) is 0 Å². The number of hydrogen-bond donors (Lipinski definition) is 2. The van der Waals surface area contributed by atoms with E-state index >= 15 is 0 Å². The van der Waals surface area contributed by atoms with E-state index in [1.54, 1.807) is 6.08 Å². The Morgan fingerprint density at radius 2 is 1.77 bits per heavy atom. The van der Waals surface area contributed by atoms with Crippen molar-refractivity contribution in [2.24, 2.45) is 28.2 Å². The third kappa shape index (κ3) is 2.33. The molecule has 4 N–H and O–H groups in total. The molecule has 0 aromatic heterocycles. The topological polar surface area (TPSA) is 112 Å². The molecule has 168 valence electrons. The van der Waals surface area contributed by atoms with E-state index in [4.69, 9.17) is 16.2 Å². The Labute approximate surface area is 184 Å². The van der Waals surface area contributed by atoms with Crippen LogP contribution >= 0.6 is 0 Å². The van der Waals surface area contributed by atoms with Gasteiger partial charge in [-0.2, -0.15) is 0 Å². The van der Waals surface area contributed by atoms with Crippen molar-refractivity contribution in [2.45, 2.75) is 83.4 Å². The molecule has 2 fully saturated rings. The molecule has 4 aliphatic carbocycles. The van der Waals surface area contributed by atoms with Crippen LogP contribution in [0.1, 0.15) is 66.7 Å². The smallest absolute Gasteiger partial charge is 0.303 e. The first-order valence-corrected chi connectivity index (χ1v) is 11.1. The monoisotopic (exact) mass is 426 g/mol. The van der Waals surface area contributed by atoms with E-state index in [-0.39, 0.29) is 17.5 Å². The lowest BCUT2D eigenvalue weighted by atomic mass is 9.41. The summed E-state index contributed by atoms with van der Waals surface area (Å²) in [6.45, 7) is 13.1. The number of Topliss-reactive ketones (excluding diaryl/α,β-unsaturated/α-hetero) is 1. The summed E-state index contributed by atoms with van der Waals surface area (Å²) in [5.41, 5.74) is 12.8. The van der Waals surface area contributed by atoms with Gasteiger partial charge in [0, 0.05) is 41.2 Å². The summed E-state index contributed by atoms with van der Waals surface area (Å²) in [6.07, 6.45) is 6.45. The van der Waals surface area contributed by atoms with Crippen LogP contribution in [0.2, 0.25) is 0 Å². The van der Waals surface area contributed by atoms with Gasteiger partial charge >= 0.3 is 5.97 Å². The number of fused-ring (bicyclic) bond motifs is 5. The van der Waals surface area contributed by atoms with Crippen LogP contribution in [0.4, 0.5) is 0 Å². The van der Waals surface area contributed by atoms with Gasteiger partial charge in [-0.15, -0.1) is 0 Å². The predicted molar refractivity (Wildman–Crippen MR) is 118 cm³/mol. The van der Waals surface area contributed by atoms with Crippen molar-refractivity contribution in [3.8, 4) is 0 Å². The molecule has 6 nitrogen and oxygen atoms in total. The highest BCUT2D eigenvalue weighted by Crippen LogP contribution is 2.70. The quantitative estimate of drug-likeness (QED) is 0.519. The van der Waals surface area contributed by atoms with Crippen LogP contribution in [0.3, 0.4) is 0 Å². The van der Waals surface area contributed by atoms with Gasteiger partial charge in [-0.05, 0) is 56.8 Å². The molecular formula is C25H34N2O4. The second kappa shape index (κ2) is 6.26. The zero-order valence-electron chi connectivity index (χ0n) is 19.3. The van der Waals surface area contributed by atoms with Crippen molar-refractivity contribution in [1.82, 2.24) is 0 Å². The van der Waals surface area contributed by atoms with Gasteiger partial charge in [-0.25, -0.2) is 0 Å². The fourth-order valence-corrected chi connectivity index (χ4v) is 7.62. The molecule has 0 bridgehead atoms. The van der Waals surface area contributed by atoms with Crippen LogP contribution in [0, 0.1) is 16.7 Å². The van der Waals surface area contributed by atoms with Crippen LogP contribution in [-0.2, 0) is 19.1 Å². The maximum atomic E-state index is 13.1. The molecule has 0 unspecified atom stereocenters.